The summed E-state index contributed by atoms with van der Waals surface area (Å²) in [6.07, 6.45) is 3.64. The number of ether oxygens (including phenoxy) is 1. The van der Waals surface area contributed by atoms with E-state index in [1.807, 2.05) is 12.1 Å². The highest BCUT2D eigenvalue weighted by atomic mass is 16.5. The van der Waals surface area contributed by atoms with Crippen molar-refractivity contribution in [3.05, 3.63) is 29.8 Å². The number of nitrogens with two attached hydrogens (primary N) is 1. The van der Waals surface area contributed by atoms with Crippen molar-refractivity contribution in [3.8, 4) is 5.75 Å². The first-order valence-electron chi connectivity index (χ1n) is 6.41. The second kappa shape index (κ2) is 6.03. The van der Waals surface area contributed by atoms with Gasteiger partial charge < -0.3 is 10.5 Å². The van der Waals surface area contributed by atoms with Gasteiger partial charge in [0.2, 0.25) is 0 Å². The van der Waals surface area contributed by atoms with Crippen LogP contribution in [0.15, 0.2) is 24.3 Å². The van der Waals surface area contributed by atoms with Gasteiger partial charge in [-0.1, -0.05) is 18.2 Å². The minimum atomic E-state index is 0.634. The molecule has 1 aliphatic rings. The SMILES string of the molecule is COc1ccccc1CC1CCCN1CCN. The molecule has 2 rings (SSSR count). The molecule has 3 nitrogen and oxygen atoms in total. The van der Waals surface area contributed by atoms with E-state index in [0.717, 1.165) is 25.3 Å². The largest absolute Gasteiger partial charge is 0.496 e. The van der Waals surface area contributed by atoms with E-state index in [-0.39, 0.29) is 0 Å². The van der Waals surface area contributed by atoms with Crippen LogP contribution < -0.4 is 10.5 Å². The van der Waals surface area contributed by atoms with E-state index in [1.54, 1.807) is 7.11 Å². The van der Waals surface area contributed by atoms with E-state index in [9.17, 15) is 0 Å². The fraction of sp³-hybridized carbons (Fsp3) is 0.571. The maximum absolute atomic E-state index is 5.65. The lowest BCUT2D eigenvalue weighted by Gasteiger charge is -2.24. The summed E-state index contributed by atoms with van der Waals surface area (Å²) >= 11 is 0. The van der Waals surface area contributed by atoms with Gasteiger partial charge in [-0.2, -0.15) is 0 Å². The van der Waals surface area contributed by atoms with E-state index in [0.29, 0.717) is 6.04 Å². The molecule has 0 amide bonds. The van der Waals surface area contributed by atoms with E-state index >= 15 is 0 Å². The summed E-state index contributed by atoms with van der Waals surface area (Å²) in [7, 11) is 1.74. The molecule has 0 aromatic heterocycles. The van der Waals surface area contributed by atoms with Crippen LogP contribution in [0.1, 0.15) is 18.4 Å². The monoisotopic (exact) mass is 234 g/mol. The van der Waals surface area contributed by atoms with Crippen molar-refractivity contribution in [2.75, 3.05) is 26.7 Å². The van der Waals surface area contributed by atoms with Gasteiger partial charge in [-0.25, -0.2) is 0 Å². The molecule has 0 radical (unpaired) electrons. The third kappa shape index (κ3) is 2.99. The molecule has 3 heteroatoms. The Bertz CT molecular complexity index is 354. The lowest BCUT2D eigenvalue weighted by atomic mass is 10.0. The number of nitrogens with zero attached hydrogens (tertiary/aromatic N) is 1. The van der Waals surface area contributed by atoms with Gasteiger partial charge in [0.15, 0.2) is 0 Å². The highest BCUT2D eigenvalue weighted by Crippen LogP contribution is 2.25. The van der Waals surface area contributed by atoms with E-state index in [4.69, 9.17) is 10.5 Å². The number of methoxy groups -OCH3 is 1. The molecule has 94 valence electrons. The zero-order chi connectivity index (χ0) is 12.1. The normalized spacial score (nSPS) is 20.7. The van der Waals surface area contributed by atoms with Gasteiger partial charge in [0.25, 0.3) is 0 Å². The summed E-state index contributed by atoms with van der Waals surface area (Å²) in [5, 5.41) is 0. The van der Waals surface area contributed by atoms with E-state index in [1.165, 1.54) is 24.9 Å². The summed E-state index contributed by atoms with van der Waals surface area (Å²) in [5.41, 5.74) is 6.96. The second-order valence-corrected chi connectivity index (χ2v) is 4.64. The molecule has 1 fully saturated rings. The molecular weight excluding hydrogens is 212 g/mol. The summed E-state index contributed by atoms with van der Waals surface area (Å²) < 4.78 is 5.41. The Morgan fingerprint density at radius 1 is 1.41 bits per heavy atom. The maximum atomic E-state index is 5.65. The van der Waals surface area contributed by atoms with Crippen molar-refractivity contribution < 1.29 is 4.74 Å². The standard InChI is InChI=1S/C14H22N2O/c1-17-14-7-3-2-5-12(14)11-13-6-4-9-16(13)10-8-15/h2-3,5,7,13H,4,6,8-11,15H2,1H3. The van der Waals surface area contributed by atoms with Crippen LogP contribution in [0.5, 0.6) is 5.75 Å². The second-order valence-electron chi connectivity index (χ2n) is 4.64. The van der Waals surface area contributed by atoms with Gasteiger partial charge in [0, 0.05) is 19.1 Å². The van der Waals surface area contributed by atoms with Gasteiger partial charge in [0.05, 0.1) is 7.11 Å². The molecule has 1 atom stereocenters. The average Bonchev–Trinajstić information content (AvgIpc) is 2.78. The third-order valence-corrected chi connectivity index (χ3v) is 3.56. The molecule has 1 aromatic rings. The number of para-hydroxylation sites is 1. The van der Waals surface area contributed by atoms with E-state index in [2.05, 4.69) is 17.0 Å². The number of hydrogen-bond donors (Lipinski definition) is 1. The Morgan fingerprint density at radius 3 is 3.00 bits per heavy atom. The van der Waals surface area contributed by atoms with Crippen LogP contribution in [0.25, 0.3) is 0 Å². The van der Waals surface area contributed by atoms with Crippen molar-refractivity contribution in [2.24, 2.45) is 5.73 Å². The molecule has 1 unspecified atom stereocenters. The zero-order valence-electron chi connectivity index (χ0n) is 10.6. The Hall–Kier alpha value is -1.06. The molecule has 0 spiro atoms. The zero-order valence-corrected chi connectivity index (χ0v) is 10.6. The van der Waals surface area contributed by atoms with Crippen LogP contribution >= 0.6 is 0 Å². The fourth-order valence-electron chi connectivity index (χ4n) is 2.71. The molecule has 1 aliphatic heterocycles. The predicted octanol–water partition coefficient (Wildman–Crippen LogP) is 1.66. The highest BCUT2D eigenvalue weighted by Gasteiger charge is 2.24. The molecule has 0 bridgehead atoms. The Kier molecular flexibility index (Phi) is 4.40. The third-order valence-electron chi connectivity index (χ3n) is 3.56. The molecule has 2 N–H and O–H groups in total. The number of benzene rings is 1. The molecule has 1 saturated heterocycles. The van der Waals surface area contributed by atoms with Gasteiger partial charge in [-0.05, 0) is 37.4 Å². The van der Waals surface area contributed by atoms with Crippen LogP contribution in [-0.2, 0) is 6.42 Å². The fourth-order valence-corrected chi connectivity index (χ4v) is 2.71. The lowest BCUT2D eigenvalue weighted by molar-refractivity contribution is 0.258. The summed E-state index contributed by atoms with van der Waals surface area (Å²) in [6.45, 7) is 2.96. The van der Waals surface area contributed by atoms with Crippen LogP contribution in [0, 0.1) is 0 Å². The molecule has 1 aromatic carbocycles. The smallest absolute Gasteiger partial charge is 0.122 e. The first kappa shape index (κ1) is 12.4. The Balaban J connectivity index is 2.04. The van der Waals surface area contributed by atoms with Gasteiger partial charge in [-0.15, -0.1) is 0 Å². The van der Waals surface area contributed by atoms with Crippen LogP contribution in [-0.4, -0.2) is 37.7 Å². The maximum Gasteiger partial charge on any atom is 0.122 e. The number of hydrogen-bond acceptors (Lipinski definition) is 3. The van der Waals surface area contributed by atoms with Crippen molar-refractivity contribution in [3.63, 3.8) is 0 Å². The molecular formula is C14H22N2O. The summed E-state index contributed by atoms with van der Waals surface area (Å²) in [4.78, 5) is 2.51. The van der Waals surface area contributed by atoms with E-state index < -0.39 is 0 Å². The van der Waals surface area contributed by atoms with Crippen LogP contribution in [0.4, 0.5) is 0 Å². The summed E-state index contributed by atoms with van der Waals surface area (Å²) in [6, 6.07) is 8.94. The predicted molar refractivity (Wildman–Crippen MR) is 70.3 cm³/mol. The minimum absolute atomic E-state index is 0.634. The molecule has 0 aliphatic carbocycles. The van der Waals surface area contributed by atoms with Crippen molar-refractivity contribution in [1.29, 1.82) is 0 Å². The highest BCUT2D eigenvalue weighted by molar-refractivity contribution is 5.33. The number of likely N-dealkylation sites (tertiary alicyclic amines) is 1. The quantitative estimate of drug-likeness (QED) is 0.842. The average molecular weight is 234 g/mol. The topological polar surface area (TPSA) is 38.5 Å². The molecule has 0 saturated carbocycles. The lowest BCUT2D eigenvalue weighted by Crippen LogP contribution is -2.35. The van der Waals surface area contributed by atoms with Crippen molar-refractivity contribution in [1.82, 2.24) is 4.90 Å². The first-order chi connectivity index (χ1) is 8.35. The molecule has 17 heavy (non-hydrogen) atoms. The van der Waals surface area contributed by atoms with Crippen molar-refractivity contribution >= 4 is 0 Å². The van der Waals surface area contributed by atoms with Gasteiger partial charge in [0.1, 0.15) is 5.75 Å². The molecule has 1 heterocycles. The van der Waals surface area contributed by atoms with Crippen LogP contribution in [0.2, 0.25) is 0 Å². The first-order valence-corrected chi connectivity index (χ1v) is 6.41. The van der Waals surface area contributed by atoms with Gasteiger partial charge >= 0.3 is 0 Å². The number of rotatable bonds is 5. The minimum Gasteiger partial charge on any atom is -0.496 e. The van der Waals surface area contributed by atoms with Crippen molar-refractivity contribution in [2.45, 2.75) is 25.3 Å². The Labute approximate surface area is 104 Å². The van der Waals surface area contributed by atoms with Gasteiger partial charge in [-0.3, -0.25) is 4.90 Å². The van der Waals surface area contributed by atoms with Crippen LogP contribution in [0.3, 0.4) is 0 Å². The Morgan fingerprint density at radius 2 is 2.24 bits per heavy atom. The summed E-state index contributed by atoms with van der Waals surface area (Å²) in [5.74, 6) is 1.01.